The van der Waals surface area contributed by atoms with Crippen LogP contribution < -0.4 is 5.73 Å². The molecule has 0 radical (unpaired) electrons. The first-order valence-corrected chi connectivity index (χ1v) is 6.50. The number of nitrogens with zero attached hydrogens (tertiary/aromatic N) is 1. The average Bonchev–Trinajstić information content (AvgIpc) is 2.46. The van der Waals surface area contributed by atoms with Crippen LogP contribution in [0.4, 0.5) is 0 Å². The molecular formula is C16H13ClN2. The SMILES string of the molecule is NCc1ccc(Cl)cc1-c1cccc2cccnc12. The van der Waals surface area contributed by atoms with Crippen molar-refractivity contribution in [1.82, 2.24) is 4.98 Å². The normalized spacial score (nSPS) is 10.8. The van der Waals surface area contributed by atoms with Crippen molar-refractivity contribution in [2.24, 2.45) is 5.73 Å². The second-order valence-electron chi connectivity index (χ2n) is 4.39. The molecule has 3 rings (SSSR count). The molecule has 0 spiro atoms. The van der Waals surface area contributed by atoms with E-state index in [1.54, 1.807) is 6.20 Å². The Morgan fingerprint density at radius 2 is 1.84 bits per heavy atom. The third-order valence-electron chi connectivity index (χ3n) is 3.21. The van der Waals surface area contributed by atoms with Gasteiger partial charge < -0.3 is 5.73 Å². The predicted molar refractivity (Wildman–Crippen MR) is 80.1 cm³/mol. The van der Waals surface area contributed by atoms with Crippen molar-refractivity contribution in [3.8, 4) is 11.1 Å². The van der Waals surface area contributed by atoms with Crippen LogP contribution >= 0.6 is 11.6 Å². The Bertz CT molecular complexity index is 732. The molecular weight excluding hydrogens is 256 g/mol. The summed E-state index contributed by atoms with van der Waals surface area (Å²) in [6.07, 6.45) is 1.80. The first-order valence-electron chi connectivity index (χ1n) is 6.12. The maximum absolute atomic E-state index is 6.11. The van der Waals surface area contributed by atoms with Gasteiger partial charge in [0.15, 0.2) is 0 Å². The molecule has 94 valence electrons. The Morgan fingerprint density at radius 1 is 1.00 bits per heavy atom. The van der Waals surface area contributed by atoms with Gasteiger partial charge in [-0.05, 0) is 29.3 Å². The van der Waals surface area contributed by atoms with Gasteiger partial charge in [-0.1, -0.05) is 41.9 Å². The summed E-state index contributed by atoms with van der Waals surface area (Å²) >= 11 is 6.11. The summed E-state index contributed by atoms with van der Waals surface area (Å²) in [7, 11) is 0. The Hall–Kier alpha value is -1.90. The molecule has 0 aliphatic carbocycles. The topological polar surface area (TPSA) is 38.9 Å². The number of aromatic nitrogens is 1. The average molecular weight is 269 g/mol. The van der Waals surface area contributed by atoms with Crippen molar-refractivity contribution in [1.29, 1.82) is 0 Å². The summed E-state index contributed by atoms with van der Waals surface area (Å²) in [6, 6.07) is 15.9. The van der Waals surface area contributed by atoms with Crippen LogP contribution in [0.15, 0.2) is 54.7 Å². The molecule has 0 unspecified atom stereocenters. The Balaban J connectivity index is 2.33. The number of hydrogen-bond donors (Lipinski definition) is 1. The maximum Gasteiger partial charge on any atom is 0.0780 e. The minimum Gasteiger partial charge on any atom is -0.326 e. The van der Waals surface area contributed by atoms with Crippen LogP contribution in [0.5, 0.6) is 0 Å². The summed E-state index contributed by atoms with van der Waals surface area (Å²) in [5.74, 6) is 0. The molecule has 1 aromatic heterocycles. The molecule has 1 heterocycles. The summed E-state index contributed by atoms with van der Waals surface area (Å²) in [4.78, 5) is 4.48. The Kier molecular flexibility index (Phi) is 3.20. The first kappa shape index (κ1) is 12.2. The van der Waals surface area contributed by atoms with Crippen LogP contribution in [-0.2, 0) is 6.54 Å². The van der Waals surface area contributed by atoms with Crippen LogP contribution in [0.2, 0.25) is 5.02 Å². The summed E-state index contributed by atoms with van der Waals surface area (Å²) in [5, 5.41) is 1.82. The molecule has 0 amide bonds. The lowest BCUT2D eigenvalue weighted by Gasteiger charge is -2.11. The Labute approximate surface area is 116 Å². The van der Waals surface area contributed by atoms with Crippen LogP contribution in [0.3, 0.4) is 0 Å². The molecule has 0 bridgehead atoms. The highest BCUT2D eigenvalue weighted by Gasteiger charge is 2.09. The molecule has 3 aromatic rings. The summed E-state index contributed by atoms with van der Waals surface area (Å²) < 4.78 is 0. The number of para-hydroxylation sites is 1. The van der Waals surface area contributed by atoms with Gasteiger partial charge in [-0.3, -0.25) is 4.98 Å². The largest absolute Gasteiger partial charge is 0.326 e. The van der Waals surface area contributed by atoms with E-state index in [1.165, 1.54) is 0 Å². The van der Waals surface area contributed by atoms with Gasteiger partial charge >= 0.3 is 0 Å². The third-order valence-corrected chi connectivity index (χ3v) is 3.45. The molecule has 0 saturated heterocycles. The zero-order valence-electron chi connectivity index (χ0n) is 10.3. The second-order valence-corrected chi connectivity index (χ2v) is 4.82. The fourth-order valence-corrected chi connectivity index (χ4v) is 2.47. The summed E-state index contributed by atoms with van der Waals surface area (Å²) in [6.45, 7) is 0.482. The van der Waals surface area contributed by atoms with Crippen LogP contribution in [0, 0.1) is 0 Å². The quantitative estimate of drug-likeness (QED) is 0.763. The highest BCUT2D eigenvalue weighted by atomic mass is 35.5. The predicted octanol–water partition coefficient (Wildman–Crippen LogP) is 4.01. The van der Waals surface area contributed by atoms with E-state index in [4.69, 9.17) is 17.3 Å². The smallest absolute Gasteiger partial charge is 0.0780 e. The third kappa shape index (κ3) is 2.21. The molecule has 2 nitrogen and oxygen atoms in total. The molecule has 0 aliphatic heterocycles. The van der Waals surface area contributed by atoms with Gasteiger partial charge in [-0.25, -0.2) is 0 Å². The lowest BCUT2D eigenvalue weighted by atomic mass is 9.97. The fraction of sp³-hybridized carbons (Fsp3) is 0.0625. The number of hydrogen-bond acceptors (Lipinski definition) is 2. The van der Waals surface area contributed by atoms with Crippen molar-refractivity contribution < 1.29 is 0 Å². The van der Waals surface area contributed by atoms with E-state index >= 15 is 0 Å². The van der Waals surface area contributed by atoms with Crippen LogP contribution in [0.25, 0.3) is 22.0 Å². The first-order chi connectivity index (χ1) is 9.29. The molecule has 19 heavy (non-hydrogen) atoms. The molecule has 3 heteroatoms. The minimum atomic E-state index is 0.482. The van der Waals surface area contributed by atoms with Gasteiger partial charge in [0.05, 0.1) is 5.52 Å². The van der Waals surface area contributed by atoms with E-state index in [2.05, 4.69) is 23.2 Å². The highest BCUT2D eigenvalue weighted by Crippen LogP contribution is 2.31. The highest BCUT2D eigenvalue weighted by molar-refractivity contribution is 6.31. The van der Waals surface area contributed by atoms with Gasteiger partial charge in [0.1, 0.15) is 0 Å². The van der Waals surface area contributed by atoms with Gasteiger partial charge in [0, 0.05) is 28.7 Å². The summed E-state index contributed by atoms with van der Waals surface area (Å²) in [5.41, 5.74) is 9.99. The standard InChI is InChI=1S/C16H13ClN2/c17-13-7-6-12(10-18)15(9-13)14-5-1-3-11-4-2-8-19-16(11)14/h1-9H,10,18H2. The van der Waals surface area contributed by atoms with Crippen molar-refractivity contribution in [2.45, 2.75) is 6.54 Å². The minimum absolute atomic E-state index is 0.482. The zero-order valence-corrected chi connectivity index (χ0v) is 11.1. The van der Waals surface area contributed by atoms with E-state index in [0.29, 0.717) is 11.6 Å². The molecule has 0 aliphatic rings. The van der Waals surface area contributed by atoms with Gasteiger partial charge in [0.25, 0.3) is 0 Å². The number of nitrogens with two attached hydrogens (primary N) is 1. The second kappa shape index (κ2) is 5.00. The number of rotatable bonds is 2. The van der Waals surface area contributed by atoms with E-state index in [1.807, 2.05) is 30.3 Å². The van der Waals surface area contributed by atoms with Crippen molar-refractivity contribution in [3.63, 3.8) is 0 Å². The number of pyridine rings is 1. The van der Waals surface area contributed by atoms with Crippen molar-refractivity contribution in [2.75, 3.05) is 0 Å². The van der Waals surface area contributed by atoms with Crippen molar-refractivity contribution in [3.05, 3.63) is 65.3 Å². The van der Waals surface area contributed by atoms with Crippen LogP contribution in [-0.4, -0.2) is 4.98 Å². The van der Waals surface area contributed by atoms with E-state index in [-0.39, 0.29) is 0 Å². The van der Waals surface area contributed by atoms with Gasteiger partial charge in [0.2, 0.25) is 0 Å². The monoisotopic (exact) mass is 268 g/mol. The van der Waals surface area contributed by atoms with E-state index in [0.717, 1.165) is 27.6 Å². The van der Waals surface area contributed by atoms with Gasteiger partial charge in [-0.2, -0.15) is 0 Å². The fourth-order valence-electron chi connectivity index (χ4n) is 2.30. The van der Waals surface area contributed by atoms with E-state index in [9.17, 15) is 0 Å². The number of fused-ring (bicyclic) bond motifs is 1. The molecule has 0 saturated carbocycles. The van der Waals surface area contributed by atoms with Crippen LogP contribution in [0.1, 0.15) is 5.56 Å². The molecule has 0 fully saturated rings. The zero-order chi connectivity index (χ0) is 13.2. The lowest BCUT2D eigenvalue weighted by molar-refractivity contribution is 1.07. The molecule has 2 N–H and O–H groups in total. The molecule has 0 atom stereocenters. The van der Waals surface area contributed by atoms with Crippen molar-refractivity contribution >= 4 is 22.5 Å². The number of halogens is 1. The lowest BCUT2D eigenvalue weighted by Crippen LogP contribution is -1.99. The number of benzene rings is 2. The Morgan fingerprint density at radius 3 is 2.68 bits per heavy atom. The van der Waals surface area contributed by atoms with E-state index < -0.39 is 0 Å². The molecule has 2 aromatic carbocycles. The van der Waals surface area contributed by atoms with Gasteiger partial charge in [-0.15, -0.1) is 0 Å². The maximum atomic E-state index is 6.11.